The Morgan fingerprint density at radius 2 is 0.484 bits per heavy atom. The van der Waals surface area contributed by atoms with Crippen molar-refractivity contribution in [1.82, 2.24) is 0 Å². The maximum Gasteiger partial charge on any atom is 0.0467 e. The third kappa shape index (κ3) is 7.38. The predicted octanol–water partition coefficient (Wildman–Crippen LogP) is 17.6. The molecule has 0 spiro atoms. The van der Waals surface area contributed by atoms with E-state index in [0.717, 1.165) is 39.7 Å². The molecular weight excluding hydrogens is 773 g/mol. The third-order valence-electron chi connectivity index (χ3n) is 12.2. The maximum absolute atomic E-state index is 2.40. The highest BCUT2D eigenvalue weighted by Crippen LogP contribution is 2.46. The van der Waals surface area contributed by atoms with Gasteiger partial charge in [0.25, 0.3) is 0 Å². The number of para-hydroxylation sites is 2. The van der Waals surface area contributed by atoms with Crippen molar-refractivity contribution >= 4 is 55.7 Å². The molecule has 0 aliphatic rings. The lowest BCUT2D eigenvalue weighted by Gasteiger charge is -2.28. The van der Waals surface area contributed by atoms with Crippen LogP contribution in [0.4, 0.5) is 34.1 Å². The van der Waals surface area contributed by atoms with Crippen molar-refractivity contribution in [2.45, 2.75) is 0 Å². The molecule has 0 saturated heterocycles. The molecule has 302 valence electrons. The first-order valence-electron chi connectivity index (χ1n) is 21.9. The second-order valence-electron chi connectivity index (χ2n) is 16.1. The maximum atomic E-state index is 2.40. The smallest absolute Gasteiger partial charge is 0.0467 e. The van der Waals surface area contributed by atoms with Crippen molar-refractivity contribution in [3.05, 3.63) is 267 Å². The molecule has 0 heterocycles. The van der Waals surface area contributed by atoms with Gasteiger partial charge in [0.05, 0.1) is 0 Å². The van der Waals surface area contributed by atoms with E-state index in [1.807, 2.05) is 0 Å². The Hall–Kier alpha value is -8.46. The zero-order valence-electron chi connectivity index (χ0n) is 35.3. The van der Waals surface area contributed by atoms with Crippen LogP contribution in [-0.2, 0) is 0 Å². The van der Waals surface area contributed by atoms with Crippen LogP contribution in [0.15, 0.2) is 267 Å². The van der Waals surface area contributed by atoms with Crippen molar-refractivity contribution < 1.29 is 0 Å². The molecule has 11 aromatic carbocycles. The van der Waals surface area contributed by atoms with Crippen LogP contribution in [0.1, 0.15) is 0 Å². The van der Waals surface area contributed by atoms with Crippen LogP contribution in [0.25, 0.3) is 66.1 Å². The minimum absolute atomic E-state index is 1.07. The second-order valence-corrected chi connectivity index (χ2v) is 16.1. The van der Waals surface area contributed by atoms with E-state index >= 15 is 0 Å². The summed E-state index contributed by atoms with van der Waals surface area (Å²) >= 11 is 0. The monoisotopic (exact) mass is 816 g/mol. The Balaban J connectivity index is 1.03. The Kier molecular flexibility index (Phi) is 10.3. The van der Waals surface area contributed by atoms with Gasteiger partial charge in [-0.15, -0.1) is 0 Å². The highest BCUT2D eigenvalue weighted by Gasteiger charge is 2.19. The number of hydrogen-bond acceptors (Lipinski definition) is 2. The van der Waals surface area contributed by atoms with Crippen LogP contribution in [0.5, 0.6) is 0 Å². The zero-order chi connectivity index (χ0) is 42.7. The molecule has 64 heavy (non-hydrogen) atoms. The first-order valence-corrected chi connectivity index (χ1v) is 21.9. The summed E-state index contributed by atoms with van der Waals surface area (Å²) in [5, 5.41) is 5.00. The fourth-order valence-electron chi connectivity index (χ4n) is 9.25. The predicted molar refractivity (Wildman–Crippen MR) is 273 cm³/mol. The van der Waals surface area contributed by atoms with E-state index in [9.17, 15) is 0 Å². The highest BCUT2D eigenvalue weighted by atomic mass is 15.2. The van der Waals surface area contributed by atoms with Gasteiger partial charge in [-0.2, -0.15) is 0 Å². The van der Waals surface area contributed by atoms with Gasteiger partial charge in [-0.25, -0.2) is 0 Å². The summed E-state index contributed by atoms with van der Waals surface area (Å²) < 4.78 is 0. The van der Waals surface area contributed by atoms with Crippen LogP contribution in [0.2, 0.25) is 0 Å². The third-order valence-corrected chi connectivity index (χ3v) is 12.2. The lowest BCUT2D eigenvalue weighted by Crippen LogP contribution is -2.12. The van der Waals surface area contributed by atoms with E-state index in [1.165, 1.54) is 60.5 Å². The SMILES string of the molecule is c1ccc(-c2cccc(N(c3ccc(-c4ccc5c(-c6ccccc6)c6ccccc6c(-c6ccccc6)c5c4)cc3)c3ccc(N(c4ccccc4)c4ccccc4)cc3)c2)cc1. The summed E-state index contributed by atoms with van der Waals surface area (Å²) in [5.74, 6) is 0. The molecule has 11 rings (SSSR count). The van der Waals surface area contributed by atoms with Crippen LogP contribution in [0.3, 0.4) is 0 Å². The summed E-state index contributed by atoms with van der Waals surface area (Å²) in [6.45, 7) is 0. The van der Waals surface area contributed by atoms with Crippen molar-refractivity contribution in [1.29, 1.82) is 0 Å². The average molecular weight is 817 g/mol. The van der Waals surface area contributed by atoms with Gasteiger partial charge in [0, 0.05) is 34.1 Å². The Labute approximate surface area is 375 Å². The molecule has 0 aliphatic heterocycles. The van der Waals surface area contributed by atoms with Gasteiger partial charge in [-0.1, -0.05) is 188 Å². The number of benzene rings is 11. The first kappa shape index (κ1) is 38.5. The molecule has 0 unspecified atom stereocenters. The van der Waals surface area contributed by atoms with Gasteiger partial charge in [-0.05, 0) is 145 Å². The molecule has 0 aliphatic carbocycles. The Morgan fingerprint density at radius 3 is 1.00 bits per heavy atom. The first-order chi connectivity index (χ1) is 31.8. The standard InChI is InChI=1S/C62H44N2/c1-6-19-45(20-7-1)49-25-18-30-56(43-49)64(55-40-38-54(39-41-55)63(51-26-12-4-13-27-51)52-28-14-5-15-29-52)53-36-33-46(34-37-53)50-35-42-59-60(44-50)62(48-23-10-3-11-24-48)58-32-17-16-31-57(58)61(59)47-21-8-2-9-22-47/h1-44H. The fraction of sp³-hybridized carbons (Fsp3) is 0. The molecule has 0 N–H and O–H groups in total. The van der Waals surface area contributed by atoms with Gasteiger partial charge in [0.1, 0.15) is 0 Å². The minimum Gasteiger partial charge on any atom is -0.311 e. The largest absolute Gasteiger partial charge is 0.311 e. The molecule has 0 bridgehead atoms. The summed E-state index contributed by atoms with van der Waals surface area (Å²) in [5.41, 5.74) is 16.2. The van der Waals surface area contributed by atoms with Crippen LogP contribution >= 0.6 is 0 Å². The van der Waals surface area contributed by atoms with Gasteiger partial charge in [0.2, 0.25) is 0 Å². The van der Waals surface area contributed by atoms with Crippen molar-refractivity contribution in [3.8, 4) is 44.5 Å². The summed E-state index contributed by atoms with van der Waals surface area (Å²) in [4.78, 5) is 4.67. The van der Waals surface area contributed by atoms with Crippen molar-refractivity contribution in [3.63, 3.8) is 0 Å². The molecule has 2 heteroatoms. The lowest BCUT2D eigenvalue weighted by molar-refractivity contribution is 1.26. The molecule has 0 fully saturated rings. The quantitative estimate of drug-likeness (QED) is 0.127. The molecule has 0 aromatic heterocycles. The summed E-state index contributed by atoms with van der Waals surface area (Å²) in [7, 11) is 0. The van der Waals surface area contributed by atoms with Crippen LogP contribution < -0.4 is 9.80 Å². The number of hydrogen-bond donors (Lipinski definition) is 0. The lowest BCUT2D eigenvalue weighted by atomic mass is 9.85. The highest BCUT2D eigenvalue weighted by molar-refractivity contribution is 6.22. The van der Waals surface area contributed by atoms with Gasteiger partial charge in [-0.3, -0.25) is 0 Å². The molecule has 0 atom stereocenters. The van der Waals surface area contributed by atoms with Gasteiger partial charge < -0.3 is 9.80 Å². The molecule has 0 radical (unpaired) electrons. The summed E-state index contributed by atoms with van der Waals surface area (Å²) in [6.07, 6.45) is 0. The normalized spacial score (nSPS) is 11.1. The number of rotatable bonds is 10. The van der Waals surface area contributed by atoms with Crippen LogP contribution in [0, 0.1) is 0 Å². The van der Waals surface area contributed by atoms with E-state index in [2.05, 4.69) is 277 Å². The minimum atomic E-state index is 1.07. The van der Waals surface area contributed by atoms with E-state index in [1.54, 1.807) is 0 Å². The van der Waals surface area contributed by atoms with Crippen molar-refractivity contribution in [2.75, 3.05) is 9.80 Å². The molecular formula is C62H44N2. The van der Waals surface area contributed by atoms with E-state index in [-0.39, 0.29) is 0 Å². The average Bonchev–Trinajstić information content (AvgIpc) is 3.38. The topological polar surface area (TPSA) is 6.48 Å². The summed E-state index contributed by atoms with van der Waals surface area (Å²) in [6, 6.07) is 96.1. The molecule has 0 saturated carbocycles. The second kappa shape index (κ2) is 17.1. The van der Waals surface area contributed by atoms with Crippen molar-refractivity contribution in [2.24, 2.45) is 0 Å². The number of anilines is 6. The molecule has 11 aromatic rings. The van der Waals surface area contributed by atoms with Crippen LogP contribution in [-0.4, -0.2) is 0 Å². The fourth-order valence-corrected chi connectivity index (χ4v) is 9.25. The van der Waals surface area contributed by atoms with E-state index < -0.39 is 0 Å². The zero-order valence-corrected chi connectivity index (χ0v) is 35.3. The van der Waals surface area contributed by atoms with E-state index in [0.29, 0.717) is 0 Å². The Bertz CT molecular complexity index is 3290. The van der Waals surface area contributed by atoms with Gasteiger partial charge >= 0.3 is 0 Å². The molecule has 2 nitrogen and oxygen atoms in total. The number of fused-ring (bicyclic) bond motifs is 2. The molecule has 0 amide bonds. The Morgan fingerprint density at radius 1 is 0.172 bits per heavy atom. The number of nitrogens with zero attached hydrogens (tertiary/aromatic N) is 2. The van der Waals surface area contributed by atoms with Gasteiger partial charge in [0.15, 0.2) is 0 Å². The van der Waals surface area contributed by atoms with E-state index in [4.69, 9.17) is 0 Å².